The highest BCUT2D eigenvalue weighted by Crippen LogP contribution is 2.21. The third kappa shape index (κ3) is 6.85. The molecule has 0 bridgehead atoms. The van der Waals surface area contributed by atoms with Gasteiger partial charge in [0.2, 0.25) is 10.0 Å². The second-order valence-electron chi connectivity index (χ2n) is 7.17. The summed E-state index contributed by atoms with van der Waals surface area (Å²) in [5.41, 5.74) is 0.850. The molecule has 0 saturated heterocycles. The Bertz CT molecular complexity index is 882. The molecule has 0 aliphatic rings. The molecular weight excluding hydrogens is 402 g/mol. The number of sulfonamides is 1. The lowest BCUT2D eigenvalue weighted by atomic mass is 10.1. The Morgan fingerprint density at radius 2 is 1.73 bits per heavy atom. The molecule has 0 aliphatic heterocycles. The Morgan fingerprint density at radius 3 is 2.33 bits per heavy atom. The van der Waals surface area contributed by atoms with E-state index in [1.165, 1.54) is 7.11 Å². The number of hydrogen-bond acceptors (Lipinski definition) is 5. The highest BCUT2D eigenvalue weighted by molar-refractivity contribution is 7.89. The van der Waals surface area contributed by atoms with Gasteiger partial charge in [0, 0.05) is 12.6 Å². The molecule has 0 spiro atoms. The Labute approximate surface area is 179 Å². The predicted molar refractivity (Wildman–Crippen MR) is 117 cm³/mol. The van der Waals surface area contributed by atoms with Crippen molar-refractivity contribution in [1.82, 2.24) is 4.31 Å². The van der Waals surface area contributed by atoms with Crippen LogP contribution in [0.5, 0.6) is 5.75 Å². The average molecular weight is 434 g/mol. The molecule has 0 radical (unpaired) electrons. The second kappa shape index (κ2) is 11.7. The number of esters is 1. The van der Waals surface area contributed by atoms with Crippen molar-refractivity contribution in [2.45, 2.75) is 50.5 Å². The van der Waals surface area contributed by atoms with Crippen molar-refractivity contribution in [3.8, 4) is 5.75 Å². The Balaban J connectivity index is 1.95. The van der Waals surface area contributed by atoms with E-state index in [0.29, 0.717) is 30.2 Å². The summed E-state index contributed by atoms with van der Waals surface area (Å²) in [6, 6.07) is 15.7. The molecule has 2 aromatic rings. The van der Waals surface area contributed by atoms with Crippen LogP contribution >= 0.6 is 0 Å². The van der Waals surface area contributed by atoms with Gasteiger partial charge in [0.15, 0.2) is 0 Å². The van der Waals surface area contributed by atoms with Gasteiger partial charge in [0.25, 0.3) is 0 Å². The second-order valence-corrected chi connectivity index (χ2v) is 9.06. The first-order valence-electron chi connectivity index (χ1n) is 10.2. The van der Waals surface area contributed by atoms with Crippen molar-refractivity contribution < 1.29 is 22.7 Å². The Morgan fingerprint density at radius 1 is 1.07 bits per heavy atom. The number of rotatable bonds is 12. The summed E-state index contributed by atoms with van der Waals surface area (Å²) in [5, 5.41) is 0. The van der Waals surface area contributed by atoms with Crippen LogP contribution in [0.15, 0.2) is 59.5 Å². The molecule has 164 valence electrons. The topological polar surface area (TPSA) is 72.9 Å². The van der Waals surface area contributed by atoms with E-state index in [1.54, 1.807) is 40.7 Å². The van der Waals surface area contributed by atoms with Crippen LogP contribution in [0.4, 0.5) is 0 Å². The number of methoxy groups -OCH3 is 1. The summed E-state index contributed by atoms with van der Waals surface area (Å²) in [5.74, 6) is 0.396. The van der Waals surface area contributed by atoms with Gasteiger partial charge in [0.05, 0.1) is 25.0 Å². The van der Waals surface area contributed by atoms with E-state index >= 15 is 0 Å². The molecule has 30 heavy (non-hydrogen) atoms. The summed E-state index contributed by atoms with van der Waals surface area (Å²) in [6.45, 7) is 4.79. The highest BCUT2D eigenvalue weighted by Gasteiger charge is 2.28. The average Bonchev–Trinajstić information content (AvgIpc) is 2.75. The van der Waals surface area contributed by atoms with Crippen LogP contribution in [0.3, 0.4) is 0 Å². The maximum atomic E-state index is 13.1. The van der Waals surface area contributed by atoms with Crippen LogP contribution in [0.2, 0.25) is 0 Å². The molecule has 2 rings (SSSR count). The summed E-state index contributed by atoms with van der Waals surface area (Å²) in [4.78, 5) is 11.6. The summed E-state index contributed by atoms with van der Waals surface area (Å²) >= 11 is 0. The van der Waals surface area contributed by atoms with Gasteiger partial charge in [0.1, 0.15) is 5.75 Å². The van der Waals surface area contributed by atoms with Crippen LogP contribution in [0, 0.1) is 0 Å². The molecule has 2 aromatic carbocycles. The first-order chi connectivity index (χ1) is 14.4. The monoisotopic (exact) mass is 433 g/mol. The van der Waals surface area contributed by atoms with Gasteiger partial charge >= 0.3 is 5.97 Å². The first-order valence-corrected chi connectivity index (χ1v) is 11.7. The van der Waals surface area contributed by atoms with Crippen LogP contribution in [-0.2, 0) is 26.0 Å². The molecule has 0 amide bonds. The van der Waals surface area contributed by atoms with E-state index in [4.69, 9.17) is 4.74 Å². The lowest BCUT2D eigenvalue weighted by molar-refractivity contribution is -0.139. The van der Waals surface area contributed by atoms with Gasteiger partial charge in [-0.05, 0) is 49.6 Å². The van der Waals surface area contributed by atoms with Crippen molar-refractivity contribution in [1.29, 1.82) is 0 Å². The molecule has 1 atom stereocenters. The van der Waals surface area contributed by atoms with E-state index in [9.17, 15) is 13.2 Å². The molecule has 0 N–H and O–H groups in total. The summed E-state index contributed by atoms with van der Waals surface area (Å²) < 4.78 is 38.2. The van der Waals surface area contributed by atoms with Crippen LogP contribution in [0.25, 0.3) is 0 Å². The molecule has 0 saturated carbocycles. The van der Waals surface area contributed by atoms with E-state index in [1.807, 2.05) is 25.1 Å². The Hall–Kier alpha value is -2.38. The largest absolute Gasteiger partial charge is 0.494 e. The van der Waals surface area contributed by atoms with Gasteiger partial charge in [-0.2, -0.15) is 4.31 Å². The molecule has 7 heteroatoms. The third-order valence-corrected chi connectivity index (χ3v) is 6.87. The summed E-state index contributed by atoms with van der Waals surface area (Å²) in [6.07, 6.45) is 2.51. The quantitative estimate of drug-likeness (QED) is 0.373. The molecule has 0 fully saturated rings. The normalized spacial score (nSPS) is 12.5. The molecular formula is C23H31NO5S. The molecule has 0 aliphatic carbocycles. The van der Waals surface area contributed by atoms with Gasteiger partial charge in [-0.1, -0.05) is 43.7 Å². The number of benzene rings is 2. The summed E-state index contributed by atoms with van der Waals surface area (Å²) in [7, 11) is -2.19. The fourth-order valence-electron chi connectivity index (χ4n) is 3.22. The van der Waals surface area contributed by atoms with Crippen molar-refractivity contribution in [2.24, 2.45) is 0 Å². The van der Waals surface area contributed by atoms with E-state index in [-0.39, 0.29) is 18.4 Å². The minimum Gasteiger partial charge on any atom is -0.494 e. The Kier molecular flexibility index (Phi) is 9.33. The van der Waals surface area contributed by atoms with Gasteiger partial charge in [-0.25, -0.2) is 8.42 Å². The number of carbonyl (C=O) groups is 1. The zero-order valence-corrected chi connectivity index (χ0v) is 18.7. The zero-order valence-electron chi connectivity index (χ0n) is 17.9. The van der Waals surface area contributed by atoms with E-state index < -0.39 is 10.0 Å². The maximum Gasteiger partial charge on any atom is 0.309 e. The van der Waals surface area contributed by atoms with Crippen LogP contribution < -0.4 is 4.74 Å². The van der Waals surface area contributed by atoms with Gasteiger partial charge in [-0.15, -0.1) is 0 Å². The lowest BCUT2D eigenvalue weighted by Gasteiger charge is -2.28. The minimum atomic E-state index is -3.55. The van der Waals surface area contributed by atoms with Crippen molar-refractivity contribution >= 4 is 16.0 Å². The fraction of sp³-hybridized carbons (Fsp3) is 0.435. The molecule has 0 aromatic heterocycles. The van der Waals surface area contributed by atoms with Crippen molar-refractivity contribution in [3.05, 3.63) is 60.2 Å². The fourth-order valence-corrected chi connectivity index (χ4v) is 4.94. The number of carbonyl (C=O) groups excluding carboxylic acids is 1. The van der Waals surface area contributed by atoms with Crippen molar-refractivity contribution in [2.75, 3.05) is 20.3 Å². The van der Waals surface area contributed by atoms with E-state index in [0.717, 1.165) is 18.4 Å². The number of hydrogen-bond donors (Lipinski definition) is 0. The van der Waals surface area contributed by atoms with E-state index in [2.05, 4.69) is 11.7 Å². The zero-order chi connectivity index (χ0) is 22.0. The van der Waals surface area contributed by atoms with Gasteiger partial charge < -0.3 is 9.47 Å². The molecule has 0 heterocycles. The van der Waals surface area contributed by atoms with Crippen molar-refractivity contribution in [3.63, 3.8) is 0 Å². The highest BCUT2D eigenvalue weighted by atomic mass is 32.2. The first kappa shape index (κ1) is 23.9. The molecule has 6 nitrogen and oxygen atoms in total. The maximum absolute atomic E-state index is 13.1. The lowest BCUT2D eigenvalue weighted by Crippen LogP contribution is -2.39. The van der Waals surface area contributed by atoms with Gasteiger partial charge in [-0.3, -0.25) is 4.79 Å². The standard InChI is InChI=1S/C23H31NO5S/c1-4-9-19(2)24(30(26,27)22-10-6-5-7-11-22)16-8-17-29-21-14-12-20(13-15-21)18-23(25)28-3/h5-7,10-15,19H,4,8-9,16-18H2,1-3H3. The third-order valence-electron chi connectivity index (χ3n) is 4.84. The van der Waals surface area contributed by atoms with Crippen LogP contribution in [0.1, 0.15) is 38.7 Å². The SMILES string of the molecule is CCCC(C)N(CCCOc1ccc(CC(=O)OC)cc1)S(=O)(=O)c1ccccc1. The predicted octanol–water partition coefficient (Wildman–Crippen LogP) is 4.05. The minimum absolute atomic E-state index is 0.0854. The molecule has 1 unspecified atom stereocenters. The smallest absolute Gasteiger partial charge is 0.309 e. The number of ether oxygens (including phenoxy) is 2. The number of nitrogens with zero attached hydrogens (tertiary/aromatic N) is 1. The van der Waals surface area contributed by atoms with Crippen LogP contribution in [-0.4, -0.2) is 45.0 Å².